The van der Waals surface area contributed by atoms with E-state index in [2.05, 4.69) is 4.98 Å². The van der Waals surface area contributed by atoms with E-state index < -0.39 is 5.97 Å². The first-order valence-corrected chi connectivity index (χ1v) is 7.45. The van der Waals surface area contributed by atoms with Crippen LogP contribution in [0.25, 0.3) is 22.0 Å². The van der Waals surface area contributed by atoms with Gasteiger partial charge in [-0.1, -0.05) is 36.4 Å². The Bertz CT molecular complexity index is 976. The third kappa shape index (κ3) is 1.95. The Kier molecular flexibility index (Phi) is 2.98. The molecule has 0 unspecified atom stereocenters. The van der Waals surface area contributed by atoms with Crippen LogP contribution in [0.5, 0.6) is 0 Å². The molecule has 2 aromatic carbocycles. The van der Waals surface area contributed by atoms with Gasteiger partial charge in [-0.05, 0) is 30.2 Å². The van der Waals surface area contributed by atoms with Crippen molar-refractivity contribution < 1.29 is 14.3 Å². The van der Waals surface area contributed by atoms with E-state index in [-0.39, 0.29) is 11.5 Å². The van der Waals surface area contributed by atoms with Crippen molar-refractivity contribution in [2.45, 2.75) is 6.92 Å². The van der Waals surface area contributed by atoms with Crippen LogP contribution in [-0.2, 0) is 4.74 Å². The van der Waals surface area contributed by atoms with Gasteiger partial charge in [-0.2, -0.15) is 0 Å². The van der Waals surface area contributed by atoms with Crippen LogP contribution in [0, 0.1) is 0 Å². The number of hydrogen-bond acceptors (Lipinski definition) is 4. The molecule has 1 aromatic heterocycles. The molecule has 0 fully saturated rings. The highest BCUT2D eigenvalue weighted by atomic mass is 16.5. The van der Waals surface area contributed by atoms with E-state index in [0.717, 1.165) is 16.5 Å². The lowest BCUT2D eigenvalue weighted by atomic mass is 9.84. The Morgan fingerprint density at radius 3 is 2.52 bits per heavy atom. The molecule has 0 radical (unpaired) electrons. The van der Waals surface area contributed by atoms with Crippen LogP contribution in [0.15, 0.2) is 48.5 Å². The summed E-state index contributed by atoms with van der Waals surface area (Å²) in [5, 5.41) is 0.796. The smallest absolute Gasteiger partial charge is 0.356 e. The number of nitrogens with zero attached hydrogens (tertiary/aromatic N) is 1. The number of ether oxygens (including phenoxy) is 1. The van der Waals surface area contributed by atoms with E-state index in [4.69, 9.17) is 4.74 Å². The molecule has 4 nitrogen and oxygen atoms in total. The van der Waals surface area contributed by atoms with Gasteiger partial charge in [0.2, 0.25) is 0 Å². The summed E-state index contributed by atoms with van der Waals surface area (Å²) < 4.78 is 5.07. The predicted molar refractivity (Wildman–Crippen MR) is 86.6 cm³/mol. The number of carbonyl (C=O) groups excluding carboxylic acids is 2. The molecule has 0 amide bonds. The third-order valence-corrected chi connectivity index (χ3v) is 4.02. The second-order valence-corrected chi connectivity index (χ2v) is 5.35. The van der Waals surface area contributed by atoms with Gasteiger partial charge in [0.15, 0.2) is 5.78 Å². The van der Waals surface area contributed by atoms with Crippen molar-refractivity contribution in [1.82, 2.24) is 4.98 Å². The molecule has 0 saturated carbocycles. The van der Waals surface area contributed by atoms with Crippen molar-refractivity contribution in [3.63, 3.8) is 0 Å². The number of esters is 1. The molecule has 0 spiro atoms. The molecule has 1 heterocycles. The van der Waals surface area contributed by atoms with E-state index in [1.54, 1.807) is 25.1 Å². The van der Waals surface area contributed by atoms with Crippen LogP contribution in [0.1, 0.15) is 33.3 Å². The second-order valence-electron chi connectivity index (χ2n) is 5.35. The molecular weight excluding hydrogens is 290 g/mol. The van der Waals surface area contributed by atoms with Gasteiger partial charge >= 0.3 is 5.97 Å². The summed E-state index contributed by atoms with van der Waals surface area (Å²) in [6.07, 6.45) is 0. The van der Waals surface area contributed by atoms with E-state index >= 15 is 0 Å². The minimum atomic E-state index is -0.453. The van der Waals surface area contributed by atoms with Crippen LogP contribution in [0.2, 0.25) is 0 Å². The normalized spacial score (nSPS) is 12.1. The minimum Gasteiger partial charge on any atom is -0.461 e. The van der Waals surface area contributed by atoms with E-state index in [1.165, 1.54) is 0 Å². The van der Waals surface area contributed by atoms with Gasteiger partial charge in [0.25, 0.3) is 0 Å². The van der Waals surface area contributed by atoms with Gasteiger partial charge in [0.1, 0.15) is 5.69 Å². The maximum absolute atomic E-state index is 12.7. The van der Waals surface area contributed by atoms with Crippen molar-refractivity contribution in [2.24, 2.45) is 0 Å². The summed E-state index contributed by atoms with van der Waals surface area (Å²) in [5.41, 5.74) is 3.84. The number of pyridine rings is 1. The van der Waals surface area contributed by atoms with Crippen molar-refractivity contribution >= 4 is 22.7 Å². The molecular formula is C19H13NO3. The Hall–Kier alpha value is -3.01. The largest absolute Gasteiger partial charge is 0.461 e. The van der Waals surface area contributed by atoms with Crippen molar-refractivity contribution in [3.05, 3.63) is 65.4 Å². The van der Waals surface area contributed by atoms with Crippen molar-refractivity contribution in [1.29, 1.82) is 0 Å². The van der Waals surface area contributed by atoms with Gasteiger partial charge in [-0.25, -0.2) is 9.78 Å². The average Bonchev–Trinajstić information content (AvgIpc) is 2.59. The zero-order valence-electron chi connectivity index (χ0n) is 12.5. The fourth-order valence-corrected chi connectivity index (χ4v) is 3.06. The van der Waals surface area contributed by atoms with Gasteiger partial charge in [-0.15, -0.1) is 0 Å². The maximum Gasteiger partial charge on any atom is 0.356 e. The lowest BCUT2D eigenvalue weighted by molar-refractivity contribution is 0.0520. The highest BCUT2D eigenvalue weighted by Gasteiger charge is 2.26. The number of hydrogen-bond donors (Lipinski definition) is 0. The van der Waals surface area contributed by atoms with Crippen LogP contribution in [-0.4, -0.2) is 23.3 Å². The molecule has 0 bridgehead atoms. The fraction of sp³-hybridized carbons (Fsp3) is 0.105. The monoisotopic (exact) mass is 303 g/mol. The molecule has 0 N–H and O–H groups in total. The lowest BCUT2D eigenvalue weighted by Gasteiger charge is -2.19. The summed E-state index contributed by atoms with van der Waals surface area (Å²) in [7, 11) is 0. The van der Waals surface area contributed by atoms with E-state index in [9.17, 15) is 9.59 Å². The zero-order chi connectivity index (χ0) is 16.0. The number of benzene rings is 2. The van der Waals surface area contributed by atoms with Gasteiger partial charge < -0.3 is 4.74 Å². The number of fused-ring (bicyclic) bond motifs is 2. The summed E-state index contributed by atoms with van der Waals surface area (Å²) in [5.74, 6) is -0.463. The lowest BCUT2D eigenvalue weighted by Crippen LogP contribution is -2.13. The molecule has 4 heteroatoms. The second kappa shape index (κ2) is 5.02. The average molecular weight is 303 g/mol. The summed E-state index contributed by atoms with van der Waals surface area (Å²) in [6, 6.07) is 14.6. The fourth-order valence-electron chi connectivity index (χ4n) is 3.06. The van der Waals surface area contributed by atoms with Gasteiger partial charge in [0.05, 0.1) is 12.1 Å². The Balaban J connectivity index is 2.09. The van der Waals surface area contributed by atoms with Crippen LogP contribution < -0.4 is 0 Å². The highest BCUT2D eigenvalue weighted by molar-refractivity contribution is 6.25. The Morgan fingerprint density at radius 1 is 1.00 bits per heavy atom. The first kappa shape index (κ1) is 13.6. The van der Waals surface area contributed by atoms with Crippen LogP contribution >= 0.6 is 0 Å². The SMILES string of the molecule is CCOC(=O)c1cc2c3c(cccc3n1)C(=O)c1ccccc1-2. The molecule has 4 rings (SSSR count). The van der Waals surface area contributed by atoms with E-state index in [0.29, 0.717) is 23.3 Å². The number of ketones is 1. The standard InChI is InChI=1S/C19H13NO3/c1-2-23-19(22)16-10-14-11-6-3-4-7-12(11)18(21)13-8-5-9-15(20-16)17(13)14/h3-10H,2H2,1H3. The number of rotatable bonds is 2. The molecule has 0 aliphatic heterocycles. The van der Waals surface area contributed by atoms with Crippen molar-refractivity contribution in [3.8, 4) is 11.1 Å². The van der Waals surface area contributed by atoms with Gasteiger partial charge in [-0.3, -0.25) is 4.79 Å². The van der Waals surface area contributed by atoms with Crippen LogP contribution in [0.4, 0.5) is 0 Å². The van der Waals surface area contributed by atoms with E-state index in [1.807, 2.05) is 30.3 Å². The predicted octanol–water partition coefficient (Wildman–Crippen LogP) is 3.62. The molecule has 0 saturated heterocycles. The quantitative estimate of drug-likeness (QED) is 0.531. The first-order valence-electron chi connectivity index (χ1n) is 7.45. The molecule has 0 atom stereocenters. The summed E-state index contributed by atoms with van der Waals surface area (Å²) in [6.45, 7) is 2.05. The first-order chi connectivity index (χ1) is 11.2. The summed E-state index contributed by atoms with van der Waals surface area (Å²) >= 11 is 0. The molecule has 1 aliphatic rings. The van der Waals surface area contributed by atoms with Crippen molar-refractivity contribution in [2.75, 3.05) is 6.61 Å². The highest BCUT2D eigenvalue weighted by Crippen LogP contribution is 2.39. The van der Waals surface area contributed by atoms with Crippen LogP contribution in [0.3, 0.4) is 0 Å². The minimum absolute atomic E-state index is 0.00983. The molecule has 23 heavy (non-hydrogen) atoms. The molecule has 112 valence electrons. The Labute approximate surface area is 132 Å². The maximum atomic E-state index is 12.7. The topological polar surface area (TPSA) is 56.3 Å². The summed E-state index contributed by atoms with van der Waals surface area (Å²) in [4.78, 5) is 29.2. The van der Waals surface area contributed by atoms with Gasteiger partial charge in [0, 0.05) is 16.5 Å². The third-order valence-electron chi connectivity index (χ3n) is 4.02. The number of aromatic nitrogens is 1. The number of carbonyl (C=O) groups is 2. The molecule has 3 aromatic rings. The zero-order valence-corrected chi connectivity index (χ0v) is 12.5. The Morgan fingerprint density at radius 2 is 1.74 bits per heavy atom. The molecule has 1 aliphatic carbocycles.